The average molecular weight is 496 g/mol. The molecule has 1 atom stereocenters. The minimum Gasteiger partial charge on any atom is -0.375 e. The number of piperazine rings is 1. The van der Waals surface area contributed by atoms with Crippen LogP contribution in [0, 0.1) is 0 Å². The summed E-state index contributed by atoms with van der Waals surface area (Å²) < 4.78 is 49.5. The number of fused-ring (bicyclic) bond motifs is 1. The van der Waals surface area contributed by atoms with Crippen molar-refractivity contribution in [3.63, 3.8) is 0 Å². The summed E-state index contributed by atoms with van der Waals surface area (Å²) in [7, 11) is 0. The van der Waals surface area contributed by atoms with Gasteiger partial charge in [0.25, 0.3) is 0 Å². The highest BCUT2D eigenvalue weighted by Crippen LogP contribution is 2.29. The Morgan fingerprint density at radius 2 is 2.11 bits per heavy atom. The molecular formula is C21H28F3N9O2. The minimum atomic E-state index is -4.40. The molecule has 1 fully saturated rings. The van der Waals surface area contributed by atoms with Crippen molar-refractivity contribution >= 4 is 28.6 Å². The van der Waals surface area contributed by atoms with Crippen LogP contribution >= 0.6 is 0 Å². The Labute approximate surface area is 200 Å². The van der Waals surface area contributed by atoms with Gasteiger partial charge < -0.3 is 25.0 Å². The first kappa shape index (κ1) is 25.0. The number of nitrogens with zero attached hydrogens (tertiary/aromatic N) is 7. The Morgan fingerprint density at radius 3 is 2.83 bits per heavy atom. The van der Waals surface area contributed by atoms with Gasteiger partial charge in [0.2, 0.25) is 5.95 Å². The summed E-state index contributed by atoms with van der Waals surface area (Å²) in [6, 6.07) is 1.95. The molecule has 190 valence electrons. The second-order valence-corrected chi connectivity index (χ2v) is 8.06. The summed E-state index contributed by atoms with van der Waals surface area (Å²) in [5.41, 5.74) is 1.65. The highest BCUT2D eigenvalue weighted by Gasteiger charge is 2.28. The van der Waals surface area contributed by atoms with Gasteiger partial charge in [-0.2, -0.15) is 23.3 Å². The van der Waals surface area contributed by atoms with Crippen LogP contribution in [-0.2, 0) is 22.6 Å². The minimum absolute atomic E-state index is 0.0739. The summed E-state index contributed by atoms with van der Waals surface area (Å²) in [5, 5.41) is 11.2. The van der Waals surface area contributed by atoms with E-state index in [-0.39, 0.29) is 25.8 Å². The van der Waals surface area contributed by atoms with E-state index in [1.165, 1.54) is 6.33 Å². The maximum atomic E-state index is 12.5. The Bertz CT molecular complexity index is 1110. The first-order valence-electron chi connectivity index (χ1n) is 11.3. The molecule has 1 saturated heterocycles. The Balaban J connectivity index is 1.74. The van der Waals surface area contributed by atoms with E-state index in [4.69, 9.17) is 19.4 Å². The zero-order chi connectivity index (χ0) is 24.8. The van der Waals surface area contributed by atoms with Crippen molar-refractivity contribution in [1.82, 2.24) is 35.0 Å². The van der Waals surface area contributed by atoms with Crippen LogP contribution in [0.4, 0.5) is 30.8 Å². The third kappa shape index (κ3) is 6.52. The number of rotatable bonds is 10. The Kier molecular flexibility index (Phi) is 7.93. The van der Waals surface area contributed by atoms with E-state index in [1.54, 1.807) is 16.9 Å². The number of hydrogen-bond acceptors (Lipinski definition) is 10. The number of anilines is 3. The molecule has 4 heterocycles. The van der Waals surface area contributed by atoms with Gasteiger partial charge in [-0.05, 0) is 19.9 Å². The van der Waals surface area contributed by atoms with Gasteiger partial charge in [0.15, 0.2) is 5.82 Å². The lowest BCUT2D eigenvalue weighted by Crippen LogP contribution is -2.49. The number of alkyl halides is 3. The third-order valence-corrected chi connectivity index (χ3v) is 5.28. The highest BCUT2D eigenvalue weighted by atomic mass is 19.4. The predicted octanol–water partition coefficient (Wildman–Crippen LogP) is 2.27. The number of nitrogens with one attached hydrogen (secondary N) is 2. The SMILES string of the molecule is CCOCc1nn(CCOCC(F)(F)F)c2c(Nc3ccncn3)nc(N3CCN[C@@H](C)C3)nc12. The molecule has 4 rings (SSSR count). The van der Waals surface area contributed by atoms with E-state index in [1.807, 2.05) is 6.92 Å². The van der Waals surface area contributed by atoms with Crippen molar-refractivity contribution in [3.05, 3.63) is 24.3 Å². The Hall–Kier alpha value is -3.10. The van der Waals surface area contributed by atoms with E-state index in [0.29, 0.717) is 40.9 Å². The lowest BCUT2D eigenvalue weighted by molar-refractivity contribution is -0.174. The van der Waals surface area contributed by atoms with Crippen LogP contribution in [0.3, 0.4) is 0 Å². The summed E-state index contributed by atoms with van der Waals surface area (Å²) in [6.07, 6.45) is -1.40. The quantitative estimate of drug-likeness (QED) is 0.406. The monoisotopic (exact) mass is 495 g/mol. The first-order chi connectivity index (χ1) is 16.8. The van der Waals surface area contributed by atoms with Crippen molar-refractivity contribution in [3.8, 4) is 0 Å². The Morgan fingerprint density at radius 1 is 1.26 bits per heavy atom. The van der Waals surface area contributed by atoms with Crippen molar-refractivity contribution in [1.29, 1.82) is 0 Å². The van der Waals surface area contributed by atoms with Crippen LogP contribution in [0.15, 0.2) is 18.6 Å². The van der Waals surface area contributed by atoms with Gasteiger partial charge in [-0.25, -0.2) is 15.0 Å². The number of aromatic nitrogens is 6. The molecule has 11 nitrogen and oxygen atoms in total. The van der Waals surface area contributed by atoms with E-state index in [0.717, 1.165) is 19.6 Å². The molecule has 3 aromatic rings. The predicted molar refractivity (Wildman–Crippen MR) is 123 cm³/mol. The lowest BCUT2D eigenvalue weighted by Gasteiger charge is -2.32. The van der Waals surface area contributed by atoms with E-state index >= 15 is 0 Å². The molecule has 0 unspecified atom stereocenters. The standard InChI is InChI=1S/C21H28F3N9O2/c1-3-34-11-15-17-18(33(31-15)8-9-35-12-21(22,23)24)19(28-16-4-5-25-13-27-16)30-20(29-17)32-7-6-26-14(2)10-32/h4-5,13-14,26H,3,6-12H2,1-2H3,(H,25,27,28,29,30)/t14-/m0/s1. The van der Waals surface area contributed by atoms with Gasteiger partial charge in [0.1, 0.15) is 35.5 Å². The molecule has 0 bridgehead atoms. The molecule has 0 spiro atoms. The van der Waals surface area contributed by atoms with E-state index in [9.17, 15) is 13.2 Å². The lowest BCUT2D eigenvalue weighted by atomic mass is 10.2. The van der Waals surface area contributed by atoms with E-state index in [2.05, 4.69) is 37.5 Å². The van der Waals surface area contributed by atoms with Gasteiger partial charge in [0.05, 0.1) is 19.8 Å². The highest BCUT2D eigenvalue weighted by molar-refractivity contribution is 5.90. The molecule has 0 saturated carbocycles. The fourth-order valence-corrected chi connectivity index (χ4v) is 3.76. The second-order valence-electron chi connectivity index (χ2n) is 8.06. The van der Waals surface area contributed by atoms with Crippen molar-refractivity contribution in [2.45, 2.75) is 39.2 Å². The maximum absolute atomic E-state index is 12.5. The molecule has 1 aliphatic rings. The number of halogens is 3. The van der Waals surface area contributed by atoms with Gasteiger partial charge in [-0.3, -0.25) is 4.68 Å². The molecule has 1 aliphatic heterocycles. The fraction of sp³-hybridized carbons (Fsp3) is 0.571. The average Bonchev–Trinajstić information content (AvgIpc) is 3.18. The third-order valence-electron chi connectivity index (χ3n) is 5.28. The molecular weight excluding hydrogens is 467 g/mol. The summed E-state index contributed by atoms with van der Waals surface area (Å²) in [6.45, 7) is 5.43. The van der Waals surface area contributed by atoms with Crippen LogP contribution < -0.4 is 15.5 Å². The van der Waals surface area contributed by atoms with E-state index < -0.39 is 12.8 Å². The summed E-state index contributed by atoms with van der Waals surface area (Å²) >= 11 is 0. The second kappa shape index (κ2) is 11.1. The molecule has 0 aromatic carbocycles. The zero-order valence-electron chi connectivity index (χ0n) is 19.5. The fourth-order valence-electron chi connectivity index (χ4n) is 3.76. The summed E-state index contributed by atoms with van der Waals surface area (Å²) in [5.74, 6) is 1.46. The normalized spacial score (nSPS) is 16.7. The van der Waals surface area contributed by atoms with Crippen molar-refractivity contribution < 1.29 is 22.6 Å². The molecule has 2 N–H and O–H groups in total. The number of ether oxygens (including phenoxy) is 2. The zero-order valence-corrected chi connectivity index (χ0v) is 19.5. The van der Waals surface area contributed by atoms with Gasteiger partial charge in [-0.15, -0.1) is 0 Å². The van der Waals surface area contributed by atoms with Crippen LogP contribution in [0.2, 0.25) is 0 Å². The van der Waals surface area contributed by atoms with Gasteiger partial charge >= 0.3 is 6.18 Å². The summed E-state index contributed by atoms with van der Waals surface area (Å²) in [4.78, 5) is 19.8. The smallest absolute Gasteiger partial charge is 0.375 e. The largest absolute Gasteiger partial charge is 0.411 e. The molecule has 3 aromatic heterocycles. The number of hydrogen-bond donors (Lipinski definition) is 2. The molecule has 0 amide bonds. The topological polar surface area (TPSA) is 115 Å². The van der Waals surface area contributed by atoms with Crippen LogP contribution in [0.5, 0.6) is 0 Å². The first-order valence-corrected chi connectivity index (χ1v) is 11.3. The maximum Gasteiger partial charge on any atom is 0.411 e. The van der Waals surface area contributed by atoms with Gasteiger partial charge in [-0.1, -0.05) is 0 Å². The molecule has 0 aliphatic carbocycles. The molecule has 35 heavy (non-hydrogen) atoms. The van der Waals surface area contributed by atoms with Crippen molar-refractivity contribution in [2.75, 3.05) is 49.7 Å². The van der Waals surface area contributed by atoms with Crippen molar-refractivity contribution in [2.24, 2.45) is 0 Å². The van der Waals surface area contributed by atoms with Crippen LogP contribution in [-0.4, -0.2) is 81.4 Å². The van der Waals surface area contributed by atoms with Crippen LogP contribution in [0.1, 0.15) is 19.5 Å². The molecule has 0 radical (unpaired) electrons. The molecule has 14 heteroatoms. The van der Waals surface area contributed by atoms with Gasteiger partial charge in [0, 0.05) is 38.5 Å². The van der Waals surface area contributed by atoms with Crippen LogP contribution in [0.25, 0.3) is 11.0 Å².